The fourth-order valence-electron chi connectivity index (χ4n) is 2.24. The van der Waals surface area contributed by atoms with Gasteiger partial charge in [0.05, 0.1) is 16.7 Å². The monoisotopic (exact) mass is 328 g/mol. The van der Waals surface area contributed by atoms with Crippen LogP contribution in [0, 0.1) is 5.92 Å². The molecule has 1 aliphatic rings. The third-order valence-electron chi connectivity index (χ3n) is 3.50. The minimum Gasteiger partial charge on any atom is -0.481 e. The molecule has 7 heteroatoms. The minimum absolute atomic E-state index is 0.00216. The summed E-state index contributed by atoms with van der Waals surface area (Å²) in [7, 11) is 0. The molecule has 0 saturated carbocycles. The van der Waals surface area contributed by atoms with Gasteiger partial charge in [-0.3, -0.25) is 9.59 Å². The fourth-order valence-corrected chi connectivity index (χ4v) is 3.41. The van der Waals surface area contributed by atoms with Crippen LogP contribution < -0.4 is 5.73 Å². The first kappa shape index (κ1) is 16.0. The second kappa shape index (κ2) is 7.04. The van der Waals surface area contributed by atoms with Crippen molar-refractivity contribution in [3.8, 4) is 0 Å². The molecule has 0 aliphatic carbocycles. The zero-order valence-corrected chi connectivity index (χ0v) is 13.0. The summed E-state index contributed by atoms with van der Waals surface area (Å²) >= 11 is 7.40. The largest absolute Gasteiger partial charge is 0.481 e. The van der Waals surface area contributed by atoms with E-state index in [9.17, 15) is 9.59 Å². The number of rotatable bonds is 4. The van der Waals surface area contributed by atoms with Crippen LogP contribution in [0.5, 0.6) is 0 Å². The molecule has 3 N–H and O–H groups in total. The van der Waals surface area contributed by atoms with E-state index >= 15 is 0 Å². The second-order valence-electron chi connectivity index (χ2n) is 4.97. The number of anilines is 1. The lowest BCUT2D eigenvalue weighted by Gasteiger charge is -2.30. The average Bonchev–Trinajstić information content (AvgIpc) is 2.48. The summed E-state index contributed by atoms with van der Waals surface area (Å²) in [5.74, 6) is -0.823. The maximum atomic E-state index is 12.1. The Morgan fingerprint density at radius 3 is 2.67 bits per heavy atom. The highest BCUT2D eigenvalue weighted by atomic mass is 35.5. The number of nitrogens with zero attached hydrogens (tertiary/aromatic N) is 1. The lowest BCUT2D eigenvalue weighted by Crippen LogP contribution is -2.41. The number of likely N-dealkylation sites (tertiary alicyclic amines) is 1. The Morgan fingerprint density at radius 2 is 2.05 bits per heavy atom. The number of carboxylic acids is 1. The third kappa shape index (κ3) is 4.28. The summed E-state index contributed by atoms with van der Waals surface area (Å²) in [6.45, 7) is 1.00. The van der Waals surface area contributed by atoms with Crippen LogP contribution in [0.15, 0.2) is 23.1 Å². The number of benzene rings is 1. The second-order valence-corrected chi connectivity index (χ2v) is 6.40. The molecule has 0 atom stereocenters. The first-order valence-electron chi connectivity index (χ1n) is 6.66. The predicted molar refractivity (Wildman–Crippen MR) is 83.5 cm³/mol. The van der Waals surface area contributed by atoms with E-state index in [-0.39, 0.29) is 17.6 Å². The molecule has 0 unspecified atom stereocenters. The van der Waals surface area contributed by atoms with Crippen molar-refractivity contribution in [3.05, 3.63) is 23.2 Å². The standard InChI is InChI=1S/C14H17ClN2O3S/c15-11-2-1-10(16)7-12(11)21-8-13(18)17-5-3-9(4-6-17)14(19)20/h1-2,7,9H,3-6,8,16H2,(H,19,20). The number of hydrogen-bond acceptors (Lipinski definition) is 4. The SMILES string of the molecule is Nc1ccc(Cl)c(SCC(=O)N2CCC(C(=O)O)CC2)c1. The van der Waals surface area contributed by atoms with Gasteiger partial charge in [0.2, 0.25) is 5.91 Å². The molecule has 1 heterocycles. The van der Waals surface area contributed by atoms with Crippen molar-refractivity contribution in [1.82, 2.24) is 4.90 Å². The van der Waals surface area contributed by atoms with E-state index in [0.717, 1.165) is 4.90 Å². The Kier molecular flexibility index (Phi) is 5.36. The van der Waals surface area contributed by atoms with Crippen molar-refractivity contribution < 1.29 is 14.7 Å². The molecule has 1 amide bonds. The number of piperidine rings is 1. The highest BCUT2D eigenvalue weighted by molar-refractivity contribution is 8.00. The van der Waals surface area contributed by atoms with Crippen molar-refractivity contribution in [2.45, 2.75) is 17.7 Å². The molecule has 1 aromatic rings. The van der Waals surface area contributed by atoms with E-state index in [4.69, 9.17) is 22.4 Å². The Morgan fingerprint density at radius 1 is 1.38 bits per heavy atom. The quantitative estimate of drug-likeness (QED) is 0.654. The van der Waals surface area contributed by atoms with Gasteiger partial charge in [-0.25, -0.2) is 0 Å². The summed E-state index contributed by atoms with van der Waals surface area (Å²) in [5.41, 5.74) is 6.31. The van der Waals surface area contributed by atoms with E-state index < -0.39 is 5.97 Å². The summed E-state index contributed by atoms with van der Waals surface area (Å²) in [5, 5.41) is 9.51. The Hall–Kier alpha value is -1.40. The molecule has 0 bridgehead atoms. The Balaban J connectivity index is 1.85. The van der Waals surface area contributed by atoms with Gasteiger partial charge < -0.3 is 15.7 Å². The number of amides is 1. The van der Waals surface area contributed by atoms with E-state index in [1.807, 2.05) is 0 Å². The van der Waals surface area contributed by atoms with E-state index in [1.54, 1.807) is 23.1 Å². The zero-order valence-electron chi connectivity index (χ0n) is 11.4. The van der Waals surface area contributed by atoms with Crippen molar-refractivity contribution in [2.75, 3.05) is 24.6 Å². The number of thioether (sulfide) groups is 1. The highest BCUT2D eigenvalue weighted by Gasteiger charge is 2.26. The van der Waals surface area contributed by atoms with Crippen LogP contribution in [0.2, 0.25) is 5.02 Å². The maximum absolute atomic E-state index is 12.1. The first-order chi connectivity index (χ1) is 9.97. The number of nitrogen functional groups attached to an aromatic ring is 1. The van der Waals surface area contributed by atoms with Crippen LogP contribution in [-0.4, -0.2) is 40.7 Å². The first-order valence-corrected chi connectivity index (χ1v) is 8.02. The summed E-state index contributed by atoms with van der Waals surface area (Å²) in [4.78, 5) is 25.5. The molecule has 21 heavy (non-hydrogen) atoms. The smallest absolute Gasteiger partial charge is 0.306 e. The van der Waals surface area contributed by atoms with Crippen LogP contribution in [0.4, 0.5) is 5.69 Å². The molecule has 5 nitrogen and oxygen atoms in total. The van der Waals surface area contributed by atoms with Crippen molar-refractivity contribution in [3.63, 3.8) is 0 Å². The molecule has 114 valence electrons. The summed E-state index contributed by atoms with van der Waals surface area (Å²) in [6.07, 6.45) is 1.04. The molecular formula is C14H17ClN2O3S. The number of hydrogen-bond donors (Lipinski definition) is 2. The molecule has 1 aliphatic heterocycles. The molecule has 0 aromatic heterocycles. The normalized spacial score (nSPS) is 16.0. The number of aliphatic carboxylic acids is 1. The molecule has 0 radical (unpaired) electrons. The topological polar surface area (TPSA) is 83.6 Å². The van der Waals surface area contributed by atoms with Crippen molar-refractivity contribution in [2.24, 2.45) is 5.92 Å². The van der Waals surface area contributed by atoms with E-state index in [1.165, 1.54) is 11.8 Å². The van der Waals surface area contributed by atoms with Gasteiger partial charge in [-0.05, 0) is 31.0 Å². The van der Waals surface area contributed by atoms with Gasteiger partial charge in [-0.1, -0.05) is 11.6 Å². The molecule has 0 spiro atoms. The molecular weight excluding hydrogens is 312 g/mol. The molecule has 1 aromatic carbocycles. The molecule has 1 fully saturated rings. The molecule has 1 saturated heterocycles. The van der Waals surface area contributed by atoms with Crippen LogP contribution in [-0.2, 0) is 9.59 Å². The van der Waals surface area contributed by atoms with Gasteiger partial charge in [0.25, 0.3) is 0 Å². The summed E-state index contributed by atoms with van der Waals surface area (Å²) < 4.78 is 0. The van der Waals surface area contributed by atoms with Gasteiger partial charge in [0, 0.05) is 23.7 Å². The number of carboxylic acid groups (broad SMARTS) is 1. The van der Waals surface area contributed by atoms with Gasteiger partial charge >= 0.3 is 5.97 Å². The van der Waals surface area contributed by atoms with Gasteiger partial charge in [0.1, 0.15) is 0 Å². The Labute approximate surface area is 132 Å². The third-order valence-corrected chi connectivity index (χ3v) is 4.99. The minimum atomic E-state index is -0.775. The van der Waals surface area contributed by atoms with Crippen LogP contribution >= 0.6 is 23.4 Å². The average molecular weight is 329 g/mol. The highest BCUT2D eigenvalue weighted by Crippen LogP contribution is 2.29. The van der Waals surface area contributed by atoms with Crippen LogP contribution in [0.3, 0.4) is 0 Å². The number of carbonyl (C=O) groups is 2. The van der Waals surface area contributed by atoms with Crippen molar-refractivity contribution >= 4 is 40.9 Å². The van der Waals surface area contributed by atoms with Crippen LogP contribution in [0.1, 0.15) is 12.8 Å². The van der Waals surface area contributed by atoms with Gasteiger partial charge in [-0.2, -0.15) is 0 Å². The van der Waals surface area contributed by atoms with Gasteiger partial charge in [0.15, 0.2) is 0 Å². The molecule has 2 rings (SSSR count). The van der Waals surface area contributed by atoms with Crippen molar-refractivity contribution in [1.29, 1.82) is 0 Å². The summed E-state index contributed by atoms with van der Waals surface area (Å²) in [6, 6.07) is 5.17. The number of halogens is 1. The zero-order chi connectivity index (χ0) is 15.4. The predicted octanol–water partition coefficient (Wildman–Crippen LogP) is 2.34. The maximum Gasteiger partial charge on any atom is 0.306 e. The van der Waals surface area contributed by atoms with E-state index in [0.29, 0.717) is 36.6 Å². The number of carbonyl (C=O) groups excluding carboxylic acids is 1. The number of nitrogens with two attached hydrogens (primary N) is 1. The lowest BCUT2D eigenvalue weighted by atomic mass is 9.97. The Bertz CT molecular complexity index is 545. The van der Waals surface area contributed by atoms with Crippen LogP contribution in [0.25, 0.3) is 0 Å². The van der Waals surface area contributed by atoms with Gasteiger partial charge in [-0.15, -0.1) is 11.8 Å². The fraction of sp³-hybridized carbons (Fsp3) is 0.429. The lowest BCUT2D eigenvalue weighted by molar-refractivity contribution is -0.145. The van der Waals surface area contributed by atoms with E-state index in [2.05, 4.69) is 0 Å².